The van der Waals surface area contributed by atoms with Crippen LogP contribution in [-0.2, 0) is 4.79 Å². The zero-order valence-corrected chi connectivity index (χ0v) is 10.8. The molecule has 0 fully saturated rings. The number of carbonyl (C=O) groups is 1. The van der Waals surface area contributed by atoms with Gasteiger partial charge in [0.25, 0.3) is 0 Å². The Morgan fingerprint density at radius 2 is 2.27 bits per heavy atom. The first-order chi connectivity index (χ1) is 7.00. The van der Waals surface area contributed by atoms with Gasteiger partial charge in [-0.1, -0.05) is 22.9 Å². The number of nitrogen functional groups attached to an aromatic ring is 1. The Hall–Kier alpha value is -0.680. The molecule has 0 bridgehead atoms. The highest BCUT2D eigenvalue weighted by atomic mass is 79.9. The molecule has 0 aromatic heterocycles. The van der Waals surface area contributed by atoms with Gasteiger partial charge in [-0.05, 0) is 18.2 Å². The number of hydrogen-bond donors (Lipinski definition) is 2. The maximum absolute atomic E-state index is 10.8. The highest BCUT2D eigenvalue weighted by molar-refractivity contribution is 9.10. The predicted molar refractivity (Wildman–Crippen MR) is 67.6 cm³/mol. The third-order valence-corrected chi connectivity index (χ3v) is 3.79. The van der Waals surface area contributed by atoms with Crippen LogP contribution in [0.1, 0.15) is 6.92 Å². The van der Waals surface area contributed by atoms with Gasteiger partial charge in [0.15, 0.2) is 0 Å². The highest BCUT2D eigenvalue weighted by Gasteiger charge is 2.10. The fraction of sp³-hybridized carbons (Fsp3) is 0.300. The van der Waals surface area contributed by atoms with Crippen LogP contribution in [0.15, 0.2) is 27.6 Å². The maximum atomic E-state index is 10.8. The van der Waals surface area contributed by atoms with Gasteiger partial charge in [0.1, 0.15) is 0 Å². The van der Waals surface area contributed by atoms with Crippen molar-refractivity contribution in [1.82, 2.24) is 0 Å². The van der Waals surface area contributed by atoms with Gasteiger partial charge in [0.05, 0.1) is 0 Å². The fourth-order valence-corrected chi connectivity index (χ4v) is 2.31. The van der Waals surface area contributed by atoms with Gasteiger partial charge >= 0.3 is 0 Å². The van der Waals surface area contributed by atoms with Gasteiger partial charge in [-0.2, -0.15) is 0 Å². The van der Waals surface area contributed by atoms with E-state index in [1.165, 1.54) is 0 Å². The number of hydrogen-bond acceptors (Lipinski definition) is 3. The van der Waals surface area contributed by atoms with E-state index in [1.807, 2.05) is 25.1 Å². The van der Waals surface area contributed by atoms with Crippen molar-refractivity contribution in [2.24, 2.45) is 11.7 Å². The van der Waals surface area contributed by atoms with Crippen LogP contribution in [0.4, 0.5) is 5.69 Å². The molecule has 82 valence electrons. The standard InChI is InChI=1S/C10H13BrN2OS/c1-6(10(13)14)5-15-9-3-2-7(11)4-8(9)12/h2-4,6H,5,12H2,1H3,(H2,13,14). The number of carbonyl (C=O) groups excluding carboxylic acids is 1. The molecular formula is C10H13BrN2OS. The third-order valence-electron chi connectivity index (χ3n) is 1.95. The predicted octanol–water partition coefficient (Wildman–Crippen LogP) is 2.24. The Morgan fingerprint density at radius 3 is 2.80 bits per heavy atom. The molecule has 0 aliphatic rings. The van der Waals surface area contributed by atoms with Crippen LogP contribution in [-0.4, -0.2) is 11.7 Å². The normalized spacial score (nSPS) is 12.4. The summed E-state index contributed by atoms with van der Waals surface area (Å²) in [4.78, 5) is 11.8. The molecule has 0 radical (unpaired) electrons. The molecule has 0 saturated heterocycles. The Bertz CT molecular complexity index is 370. The molecule has 1 amide bonds. The average molecular weight is 289 g/mol. The van der Waals surface area contributed by atoms with Crippen LogP contribution in [0.5, 0.6) is 0 Å². The molecule has 0 heterocycles. The molecule has 1 aromatic rings. The lowest BCUT2D eigenvalue weighted by atomic mass is 10.2. The van der Waals surface area contributed by atoms with Gasteiger partial charge in [-0.25, -0.2) is 0 Å². The second-order valence-corrected chi connectivity index (χ2v) is 5.27. The fourth-order valence-electron chi connectivity index (χ4n) is 0.948. The van der Waals surface area contributed by atoms with Crippen LogP contribution < -0.4 is 11.5 Å². The highest BCUT2D eigenvalue weighted by Crippen LogP contribution is 2.28. The molecule has 0 spiro atoms. The van der Waals surface area contributed by atoms with E-state index in [-0.39, 0.29) is 11.8 Å². The molecule has 0 aliphatic carbocycles. The second kappa shape index (κ2) is 5.42. The number of primary amides is 1. The van der Waals surface area contributed by atoms with Crippen molar-refractivity contribution in [2.45, 2.75) is 11.8 Å². The Kier molecular flexibility index (Phi) is 4.47. The largest absolute Gasteiger partial charge is 0.398 e. The number of nitrogens with two attached hydrogens (primary N) is 2. The molecule has 0 saturated carbocycles. The van der Waals surface area contributed by atoms with Crippen molar-refractivity contribution in [2.75, 3.05) is 11.5 Å². The first kappa shape index (κ1) is 12.4. The third kappa shape index (κ3) is 3.76. The quantitative estimate of drug-likeness (QED) is 0.659. The maximum Gasteiger partial charge on any atom is 0.221 e. The SMILES string of the molecule is CC(CSc1ccc(Br)cc1N)C(N)=O. The summed E-state index contributed by atoms with van der Waals surface area (Å²) in [7, 11) is 0. The Labute approximate surface area is 102 Å². The van der Waals surface area contributed by atoms with Crippen molar-refractivity contribution in [3.05, 3.63) is 22.7 Å². The summed E-state index contributed by atoms with van der Waals surface area (Å²) in [5.74, 6) is 0.234. The van der Waals surface area contributed by atoms with Gasteiger partial charge in [-0.15, -0.1) is 11.8 Å². The first-order valence-electron chi connectivity index (χ1n) is 4.48. The van der Waals surface area contributed by atoms with Crippen molar-refractivity contribution in [1.29, 1.82) is 0 Å². The van der Waals surface area contributed by atoms with Crippen LogP contribution in [0.3, 0.4) is 0 Å². The van der Waals surface area contributed by atoms with Gasteiger partial charge in [-0.3, -0.25) is 4.79 Å². The molecule has 5 heteroatoms. The summed E-state index contributed by atoms with van der Waals surface area (Å²) in [6.45, 7) is 1.81. The molecule has 1 atom stereocenters. The second-order valence-electron chi connectivity index (χ2n) is 3.30. The molecule has 4 N–H and O–H groups in total. The van der Waals surface area contributed by atoms with Gasteiger partial charge in [0, 0.05) is 26.7 Å². The van der Waals surface area contributed by atoms with E-state index >= 15 is 0 Å². The summed E-state index contributed by atoms with van der Waals surface area (Å²) < 4.78 is 0.951. The number of halogens is 1. The number of thioether (sulfide) groups is 1. The number of rotatable bonds is 4. The van der Waals surface area contributed by atoms with E-state index < -0.39 is 0 Å². The Morgan fingerprint density at radius 1 is 1.60 bits per heavy atom. The number of anilines is 1. The lowest BCUT2D eigenvalue weighted by molar-refractivity contribution is -0.120. The van der Waals surface area contributed by atoms with Crippen molar-refractivity contribution in [3.8, 4) is 0 Å². The number of benzene rings is 1. The summed E-state index contributed by atoms with van der Waals surface area (Å²) in [5.41, 5.74) is 11.7. The van der Waals surface area contributed by atoms with Crippen molar-refractivity contribution < 1.29 is 4.79 Å². The van der Waals surface area contributed by atoms with Crippen LogP contribution in [0, 0.1) is 5.92 Å². The summed E-state index contributed by atoms with van der Waals surface area (Å²) in [6.07, 6.45) is 0. The summed E-state index contributed by atoms with van der Waals surface area (Å²) >= 11 is 4.88. The molecule has 1 rings (SSSR count). The smallest absolute Gasteiger partial charge is 0.221 e. The first-order valence-corrected chi connectivity index (χ1v) is 6.25. The van der Waals surface area contributed by atoms with E-state index in [4.69, 9.17) is 11.5 Å². The molecule has 1 unspecified atom stereocenters. The van der Waals surface area contributed by atoms with E-state index in [9.17, 15) is 4.79 Å². The minimum Gasteiger partial charge on any atom is -0.398 e. The lowest BCUT2D eigenvalue weighted by Crippen LogP contribution is -2.22. The van der Waals surface area contributed by atoms with E-state index in [2.05, 4.69) is 15.9 Å². The minimum atomic E-state index is -0.279. The molecular weight excluding hydrogens is 276 g/mol. The molecule has 15 heavy (non-hydrogen) atoms. The number of amides is 1. The lowest BCUT2D eigenvalue weighted by Gasteiger charge is -2.08. The molecule has 0 aliphatic heterocycles. The minimum absolute atomic E-state index is 0.141. The van der Waals surface area contributed by atoms with Crippen molar-refractivity contribution in [3.63, 3.8) is 0 Å². The van der Waals surface area contributed by atoms with Gasteiger partial charge in [0.2, 0.25) is 5.91 Å². The Balaban J connectivity index is 2.62. The van der Waals surface area contributed by atoms with Crippen LogP contribution in [0.25, 0.3) is 0 Å². The topological polar surface area (TPSA) is 69.1 Å². The summed E-state index contributed by atoms with van der Waals surface area (Å²) in [6, 6.07) is 5.70. The van der Waals surface area contributed by atoms with Crippen molar-refractivity contribution >= 4 is 39.3 Å². The van der Waals surface area contributed by atoms with Gasteiger partial charge < -0.3 is 11.5 Å². The van der Waals surface area contributed by atoms with E-state index in [1.54, 1.807) is 11.8 Å². The zero-order valence-electron chi connectivity index (χ0n) is 8.37. The van der Waals surface area contributed by atoms with Crippen LogP contribution in [0.2, 0.25) is 0 Å². The van der Waals surface area contributed by atoms with Crippen LogP contribution >= 0.6 is 27.7 Å². The average Bonchev–Trinajstić information content (AvgIpc) is 2.15. The van der Waals surface area contributed by atoms with E-state index in [0.717, 1.165) is 9.37 Å². The summed E-state index contributed by atoms with van der Waals surface area (Å²) in [5, 5.41) is 0. The molecule has 1 aromatic carbocycles. The zero-order chi connectivity index (χ0) is 11.4. The monoisotopic (exact) mass is 288 g/mol. The van der Waals surface area contributed by atoms with E-state index in [0.29, 0.717) is 11.4 Å². The molecule has 3 nitrogen and oxygen atoms in total.